The maximum absolute atomic E-state index is 12.9. The van der Waals surface area contributed by atoms with E-state index in [-0.39, 0.29) is 23.0 Å². The summed E-state index contributed by atoms with van der Waals surface area (Å²) in [6, 6.07) is 14.9. The average Bonchev–Trinajstić information content (AvgIpc) is 3.41. The van der Waals surface area contributed by atoms with E-state index in [0.717, 1.165) is 16.3 Å². The topological polar surface area (TPSA) is 90.9 Å². The molecule has 3 heterocycles. The van der Waals surface area contributed by atoms with Crippen molar-refractivity contribution in [2.75, 3.05) is 0 Å². The van der Waals surface area contributed by atoms with Crippen molar-refractivity contribution in [3.63, 3.8) is 0 Å². The SMILES string of the molecule is Cn1c(-c2cccnc2)nc2oc(C=C3C(=O)c4cc5ccccc5cc4C3=O)nc21. The number of imidazole rings is 1. The van der Waals surface area contributed by atoms with Crippen LogP contribution in [0.15, 0.2) is 70.9 Å². The van der Waals surface area contributed by atoms with Crippen molar-refractivity contribution >= 4 is 39.8 Å². The highest BCUT2D eigenvalue weighted by molar-refractivity contribution is 6.41. The minimum Gasteiger partial charge on any atom is -0.417 e. The third-order valence-corrected chi connectivity index (χ3v) is 5.50. The molecule has 2 aromatic carbocycles. The van der Waals surface area contributed by atoms with Gasteiger partial charge >= 0.3 is 0 Å². The number of ketones is 2. The number of fused-ring (bicyclic) bond motifs is 3. The number of rotatable bonds is 2. The van der Waals surface area contributed by atoms with Gasteiger partial charge in [0.05, 0.1) is 5.57 Å². The third-order valence-electron chi connectivity index (χ3n) is 5.50. The lowest BCUT2D eigenvalue weighted by Crippen LogP contribution is -2.00. The van der Waals surface area contributed by atoms with Gasteiger partial charge in [0.2, 0.25) is 11.5 Å². The van der Waals surface area contributed by atoms with Gasteiger partial charge in [0.1, 0.15) is 5.82 Å². The first-order chi connectivity index (χ1) is 15.1. The molecule has 0 unspecified atom stereocenters. The van der Waals surface area contributed by atoms with Crippen LogP contribution >= 0.6 is 0 Å². The number of Topliss-reactive ketones (excluding diaryl/α,β-unsaturated/α-hetero) is 2. The quantitative estimate of drug-likeness (QED) is 0.322. The van der Waals surface area contributed by atoms with Crippen LogP contribution < -0.4 is 0 Å². The van der Waals surface area contributed by atoms with Crippen LogP contribution in [0.4, 0.5) is 0 Å². The fraction of sp³-hybridized carbons (Fsp3) is 0.0417. The highest BCUT2D eigenvalue weighted by Gasteiger charge is 2.34. The van der Waals surface area contributed by atoms with E-state index in [1.54, 1.807) is 29.1 Å². The fourth-order valence-electron chi connectivity index (χ4n) is 3.96. The maximum Gasteiger partial charge on any atom is 0.267 e. The molecule has 0 bridgehead atoms. The molecule has 7 nitrogen and oxygen atoms in total. The average molecular weight is 406 g/mol. The smallest absolute Gasteiger partial charge is 0.267 e. The number of allylic oxidation sites excluding steroid dienone is 1. The Morgan fingerprint density at radius 3 is 2.26 bits per heavy atom. The molecule has 31 heavy (non-hydrogen) atoms. The highest BCUT2D eigenvalue weighted by atomic mass is 16.4. The number of benzene rings is 2. The summed E-state index contributed by atoms with van der Waals surface area (Å²) in [6.07, 6.45) is 4.80. The van der Waals surface area contributed by atoms with Crippen LogP contribution in [0.3, 0.4) is 0 Å². The van der Waals surface area contributed by atoms with Crippen molar-refractivity contribution in [2.45, 2.75) is 0 Å². The molecule has 3 aromatic heterocycles. The molecule has 0 saturated carbocycles. The molecule has 7 heteroatoms. The summed E-state index contributed by atoms with van der Waals surface area (Å²) in [6.45, 7) is 0. The van der Waals surface area contributed by atoms with E-state index in [0.29, 0.717) is 28.3 Å². The number of carbonyl (C=O) groups is 2. The number of carbonyl (C=O) groups excluding carboxylic acids is 2. The molecular weight excluding hydrogens is 392 g/mol. The van der Waals surface area contributed by atoms with Crippen molar-refractivity contribution in [3.05, 3.63) is 83.5 Å². The third kappa shape index (κ3) is 2.56. The zero-order valence-electron chi connectivity index (χ0n) is 16.4. The molecule has 0 radical (unpaired) electrons. The summed E-state index contributed by atoms with van der Waals surface area (Å²) >= 11 is 0. The van der Waals surface area contributed by atoms with E-state index >= 15 is 0 Å². The van der Waals surface area contributed by atoms with Crippen LogP contribution in [0.5, 0.6) is 0 Å². The first-order valence-corrected chi connectivity index (χ1v) is 9.68. The molecule has 148 valence electrons. The van der Waals surface area contributed by atoms with Crippen LogP contribution in [0, 0.1) is 0 Å². The minimum absolute atomic E-state index is 0.0457. The van der Waals surface area contributed by atoms with Crippen molar-refractivity contribution < 1.29 is 14.0 Å². The lowest BCUT2D eigenvalue weighted by Gasteiger charge is -2.00. The van der Waals surface area contributed by atoms with Gasteiger partial charge in [-0.25, -0.2) is 0 Å². The lowest BCUT2D eigenvalue weighted by molar-refractivity contribution is 0.0990. The Balaban J connectivity index is 1.42. The van der Waals surface area contributed by atoms with Gasteiger partial charge in [0.25, 0.3) is 5.71 Å². The molecule has 0 spiro atoms. The van der Waals surface area contributed by atoms with Crippen LogP contribution in [-0.2, 0) is 7.05 Å². The summed E-state index contributed by atoms with van der Waals surface area (Å²) in [4.78, 5) is 38.9. The number of oxazole rings is 1. The van der Waals surface area contributed by atoms with Gasteiger partial charge in [-0.1, -0.05) is 24.3 Å². The van der Waals surface area contributed by atoms with Crippen molar-refractivity contribution in [1.82, 2.24) is 19.5 Å². The number of aryl methyl sites for hydroxylation is 1. The second-order valence-electron chi connectivity index (χ2n) is 7.38. The molecule has 0 fully saturated rings. The summed E-state index contributed by atoms with van der Waals surface area (Å²) in [5, 5.41) is 1.83. The van der Waals surface area contributed by atoms with E-state index in [2.05, 4.69) is 15.0 Å². The van der Waals surface area contributed by atoms with E-state index in [9.17, 15) is 9.59 Å². The van der Waals surface area contributed by atoms with Crippen LogP contribution in [0.1, 0.15) is 26.6 Å². The Labute approximate surface area is 175 Å². The molecule has 0 N–H and O–H groups in total. The summed E-state index contributed by atoms with van der Waals surface area (Å²) in [7, 11) is 1.82. The Kier molecular flexibility index (Phi) is 3.55. The Hall–Kier alpha value is -4.39. The number of nitrogens with zero attached hydrogens (tertiary/aromatic N) is 4. The summed E-state index contributed by atoms with van der Waals surface area (Å²) in [5.41, 5.74) is 2.54. The fourth-order valence-corrected chi connectivity index (χ4v) is 3.96. The van der Waals surface area contributed by atoms with E-state index in [4.69, 9.17) is 4.42 Å². The molecule has 0 atom stereocenters. The first-order valence-electron chi connectivity index (χ1n) is 9.68. The predicted octanol–water partition coefficient (Wildman–Crippen LogP) is 4.24. The van der Waals surface area contributed by atoms with Crippen molar-refractivity contribution in [3.8, 4) is 11.4 Å². The number of hydrogen-bond donors (Lipinski definition) is 0. The molecular formula is C24H14N4O3. The van der Waals surface area contributed by atoms with Gasteiger partial charge in [-0.3, -0.25) is 14.6 Å². The van der Waals surface area contributed by atoms with Gasteiger partial charge < -0.3 is 8.98 Å². The largest absolute Gasteiger partial charge is 0.417 e. The molecule has 0 aliphatic heterocycles. The second-order valence-corrected chi connectivity index (χ2v) is 7.38. The Morgan fingerprint density at radius 1 is 0.935 bits per heavy atom. The van der Waals surface area contributed by atoms with Gasteiger partial charge in [-0.05, 0) is 35.0 Å². The Morgan fingerprint density at radius 2 is 1.65 bits per heavy atom. The normalized spacial score (nSPS) is 13.4. The van der Waals surface area contributed by atoms with E-state index in [1.165, 1.54) is 6.08 Å². The maximum atomic E-state index is 12.9. The standard InChI is InChI=1S/C24H14N4O3/c1-28-22(15-7-4-8-25-12-15)27-24-23(28)26-19(31-24)11-18-20(29)16-9-13-5-2-3-6-14(13)10-17(16)21(18)30/h2-12H,1H3. The second kappa shape index (κ2) is 6.30. The van der Waals surface area contributed by atoms with Gasteiger partial charge in [-0.15, -0.1) is 0 Å². The zero-order chi connectivity index (χ0) is 21.1. The molecule has 5 aromatic rings. The van der Waals surface area contributed by atoms with Crippen molar-refractivity contribution in [1.29, 1.82) is 0 Å². The summed E-state index contributed by atoms with van der Waals surface area (Å²) < 4.78 is 7.53. The predicted molar refractivity (Wildman–Crippen MR) is 115 cm³/mol. The van der Waals surface area contributed by atoms with Crippen LogP contribution in [0.2, 0.25) is 0 Å². The molecule has 0 saturated heterocycles. The van der Waals surface area contributed by atoms with Crippen molar-refractivity contribution in [2.24, 2.45) is 7.05 Å². The van der Waals surface area contributed by atoms with E-state index in [1.807, 2.05) is 43.4 Å². The van der Waals surface area contributed by atoms with Crippen LogP contribution in [-0.4, -0.2) is 31.1 Å². The van der Waals surface area contributed by atoms with Gasteiger partial charge in [0.15, 0.2) is 11.6 Å². The zero-order valence-corrected chi connectivity index (χ0v) is 16.4. The lowest BCUT2D eigenvalue weighted by atomic mass is 10.0. The number of aromatic nitrogens is 4. The molecule has 1 aliphatic carbocycles. The van der Waals surface area contributed by atoms with Gasteiger partial charge in [0, 0.05) is 42.2 Å². The molecule has 1 aliphatic rings. The van der Waals surface area contributed by atoms with Gasteiger partial charge in [-0.2, -0.15) is 9.97 Å². The Bertz CT molecular complexity index is 1520. The highest BCUT2D eigenvalue weighted by Crippen LogP contribution is 2.32. The van der Waals surface area contributed by atoms with Crippen LogP contribution in [0.25, 0.3) is 39.6 Å². The molecule has 6 rings (SSSR count). The summed E-state index contributed by atoms with van der Waals surface area (Å²) in [5.74, 6) is 0.189. The number of pyridine rings is 1. The minimum atomic E-state index is -0.322. The monoisotopic (exact) mass is 406 g/mol. The number of hydrogen-bond acceptors (Lipinski definition) is 6. The first kappa shape index (κ1) is 17.5. The molecule has 0 amide bonds. The van der Waals surface area contributed by atoms with E-state index < -0.39 is 0 Å².